The summed E-state index contributed by atoms with van der Waals surface area (Å²) >= 11 is 0. The summed E-state index contributed by atoms with van der Waals surface area (Å²) < 4.78 is 12.5. The number of hydrogen-bond donors (Lipinski definition) is 0. The standard InChI is InChI=1S/C8H11FN2/c1-11(2)6-7-3-8(9)5-10-4-7/h3-5H,6H2,1-2H3. The SMILES string of the molecule is CN(C)Cc1cncc(F)c1. The third kappa shape index (κ3) is 2.63. The third-order valence-electron chi connectivity index (χ3n) is 1.26. The predicted molar refractivity (Wildman–Crippen MR) is 41.6 cm³/mol. The average Bonchev–Trinajstić information content (AvgIpc) is 1.85. The molecule has 0 aliphatic carbocycles. The molecule has 0 fully saturated rings. The quantitative estimate of drug-likeness (QED) is 0.638. The molecule has 1 heterocycles. The molecule has 2 nitrogen and oxygen atoms in total. The van der Waals surface area contributed by atoms with Crippen LogP contribution in [-0.2, 0) is 6.54 Å². The summed E-state index contributed by atoms with van der Waals surface area (Å²) in [6, 6.07) is 1.49. The first-order chi connectivity index (χ1) is 5.18. The summed E-state index contributed by atoms with van der Waals surface area (Å²) in [5.41, 5.74) is 0.898. The Morgan fingerprint density at radius 2 is 2.18 bits per heavy atom. The molecule has 3 heteroatoms. The summed E-state index contributed by atoms with van der Waals surface area (Å²) in [4.78, 5) is 5.70. The van der Waals surface area contributed by atoms with Gasteiger partial charge in [-0.3, -0.25) is 4.98 Å². The fourth-order valence-corrected chi connectivity index (χ4v) is 0.907. The largest absolute Gasteiger partial charge is 0.305 e. The van der Waals surface area contributed by atoms with E-state index in [0.717, 1.165) is 12.1 Å². The van der Waals surface area contributed by atoms with Gasteiger partial charge in [-0.1, -0.05) is 0 Å². The Balaban J connectivity index is 2.71. The molecule has 0 bridgehead atoms. The maximum atomic E-state index is 12.5. The molecule has 0 unspecified atom stereocenters. The molecule has 0 aliphatic rings. The lowest BCUT2D eigenvalue weighted by molar-refractivity contribution is 0.400. The third-order valence-corrected chi connectivity index (χ3v) is 1.26. The molecule has 0 spiro atoms. The molecule has 0 saturated heterocycles. The van der Waals surface area contributed by atoms with Gasteiger partial charge in [-0.05, 0) is 25.7 Å². The molecule has 0 atom stereocenters. The molecule has 11 heavy (non-hydrogen) atoms. The number of aromatic nitrogens is 1. The molecule has 1 rings (SSSR count). The molecule has 0 N–H and O–H groups in total. The van der Waals surface area contributed by atoms with E-state index >= 15 is 0 Å². The highest BCUT2D eigenvalue weighted by Crippen LogP contribution is 2.02. The number of rotatable bonds is 2. The Morgan fingerprint density at radius 3 is 2.73 bits per heavy atom. The summed E-state index contributed by atoms with van der Waals surface area (Å²) in [5, 5.41) is 0. The molecule has 60 valence electrons. The van der Waals surface area contributed by atoms with Gasteiger partial charge in [0, 0.05) is 12.7 Å². The number of pyridine rings is 1. The summed E-state index contributed by atoms with van der Waals surface area (Å²) in [6.07, 6.45) is 2.88. The average molecular weight is 154 g/mol. The van der Waals surface area contributed by atoms with Crippen molar-refractivity contribution in [3.05, 3.63) is 29.8 Å². The van der Waals surface area contributed by atoms with Crippen molar-refractivity contribution in [1.82, 2.24) is 9.88 Å². The Labute approximate surface area is 65.7 Å². The van der Waals surface area contributed by atoms with Crippen LogP contribution in [0, 0.1) is 5.82 Å². The molecular formula is C8H11FN2. The monoisotopic (exact) mass is 154 g/mol. The van der Waals surface area contributed by atoms with Crippen molar-refractivity contribution < 1.29 is 4.39 Å². The van der Waals surface area contributed by atoms with Crippen LogP contribution in [0.3, 0.4) is 0 Å². The van der Waals surface area contributed by atoms with Crippen LogP contribution in [0.15, 0.2) is 18.5 Å². The van der Waals surface area contributed by atoms with Gasteiger partial charge in [-0.25, -0.2) is 4.39 Å². The van der Waals surface area contributed by atoms with Gasteiger partial charge in [0.15, 0.2) is 0 Å². The van der Waals surface area contributed by atoms with Crippen LogP contribution in [0.5, 0.6) is 0 Å². The van der Waals surface area contributed by atoms with Crippen molar-refractivity contribution in [2.45, 2.75) is 6.54 Å². The van der Waals surface area contributed by atoms with Gasteiger partial charge < -0.3 is 4.90 Å². The van der Waals surface area contributed by atoms with Crippen molar-refractivity contribution in [1.29, 1.82) is 0 Å². The first kappa shape index (κ1) is 8.14. The van der Waals surface area contributed by atoms with Crippen LogP contribution in [0.25, 0.3) is 0 Å². The Bertz CT molecular complexity index is 235. The number of halogens is 1. The van der Waals surface area contributed by atoms with E-state index in [1.807, 2.05) is 19.0 Å². The zero-order valence-electron chi connectivity index (χ0n) is 6.71. The van der Waals surface area contributed by atoms with Crippen LogP contribution in [0.4, 0.5) is 4.39 Å². The Morgan fingerprint density at radius 1 is 1.45 bits per heavy atom. The van der Waals surface area contributed by atoms with Crippen LogP contribution in [0.2, 0.25) is 0 Å². The van der Waals surface area contributed by atoms with E-state index in [-0.39, 0.29) is 5.82 Å². The minimum atomic E-state index is -0.274. The van der Waals surface area contributed by atoms with Crippen LogP contribution >= 0.6 is 0 Å². The van der Waals surface area contributed by atoms with Gasteiger partial charge in [-0.15, -0.1) is 0 Å². The molecule has 1 aromatic rings. The summed E-state index contributed by atoms with van der Waals surface area (Å²) in [7, 11) is 3.87. The Hall–Kier alpha value is -0.960. The maximum absolute atomic E-state index is 12.5. The van der Waals surface area contributed by atoms with Crippen molar-refractivity contribution in [3.63, 3.8) is 0 Å². The fraction of sp³-hybridized carbons (Fsp3) is 0.375. The molecular weight excluding hydrogens is 143 g/mol. The van der Waals surface area contributed by atoms with Crippen molar-refractivity contribution in [2.75, 3.05) is 14.1 Å². The molecule has 0 aliphatic heterocycles. The van der Waals surface area contributed by atoms with Gasteiger partial charge in [0.25, 0.3) is 0 Å². The summed E-state index contributed by atoms with van der Waals surface area (Å²) in [6.45, 7) is 0.727. The lowest BCUT2D eigenvalue weighted by Crippen LogP contribution is -2.10. The van der Waals surface area contributed by atoms with Gasteiger partial charge in [-0.2, -0.15) is 0 Å². The van der Waals surface area contributed by atoms with E-state index in [9.17, 15) is 4.39 Å². The lowest BCUT2D eigenvalue weighted by Gasteiger charge is -2.08. The van der Waals surface area contributed by atoms with Gasteiger partial charge in [0.05, 0.1) is 6.20 Å². The van der Waals surface area contributed by atoms with Gasteiger partial charge in [0.2, 0.25) is 0 Å². The molecule has 1 aromatic heterocycles. The second-order valence-electron chi connectivity index (χ2n) is 2.75. The maximum Gasteiger partial charge on any atom is 0.141 e. The highest BCUT2D eigenvalue weighted by molar-refractivity contribution is 5.09. The van der Waals surface area contributed by atoms with E-state index in [2.05, 4.69) is 4.98 Å². The fourth-order valence-electron chi connectivity index (χ4n) is 0.907. The van der Waals surface area contributed by atoms with E-state index in [1.54, 1.807) is 6.20 Å². The lowest BCUT2D eigenvalue weighted by atomic mass is 10.3. The van der Waals surface area contributed by atoms with Gasteiger partial charge >= 0.3 is 0 Å². The summed E-state index contributed by atoms with van der Waals surface area (Å²) in [5.74, 6) is -0.274. The topological polar surface area (TPSA) is 16.1 Å². The molecule has 0 radical (unpaired) electrons. The van der Waals surface area contributed by atoms with Crippen LogP contribution in [0.1, 0.15) is 5.56 Å². The minimum Gasteiger partial charge on any atom is -0.305 e. The highest BCUT2D eigenvalue weighted by Gasteiger charge is 1.96. The second kappa shape index (κ2) is 3.44. The van der Waals surface area contributed by atoms with Crippen molar-refractivity contribution >= 4 is 0 Å². The van der Waals surface area contributed by atoms with Crippen molar-refractivity contribution in [2.24, 2.45) is 0 Å². The first-order valence-electron chi connectivity index (χ1n) is 3.42. The van der Waals surface area contributed by atoms with Crippen molar-refractivity contribution in [3.8, 4) is 0 Å². The molecule has 0 amide bonds. The Kier molecular flexibility index (Phi) is 2.54. The van der Waals surface area contributed by atoms with E-state index in [0.29, 0.717) is 0 Å². The van der Waals surface area contributed by atoms with E-state index in [4.69, 9.17) is 0 Å². The second-order valence-corrected chi connectivity index (χ2v) is 2.75. The van der Waals surface area contributed by atoms with E-state index < -0.39 is 0 Å². The minimum absolute atomic E-state index is 0.274. The zero-order valence-corrected chi connectivity index (χ0v) is 6.71. The molecule has 0 saturated carbocycles. The first-order valence-corrected chi connectivity index (χ1v) is 3.42. The number of hydrogen-bond acceptors (Lipinski definition) is 2. The normalized spacial score (nSPS) is 10.5. The predicted octanol–water partition coefficient (Wildman–Crippen LogP) is 1.28. The smallest absolute Gasteiger partial charge is 0.141 e. The highest BCUT2D eigenvalue weighted by atomic mass is 19.1. The van der Waals surface area contributed by atoms with Gasteiger partial charge in [0.1, 0.15) is 5.82 Å². The van der Waals surface area contributed by atoms with E-state index in [1.165, 1.54) is 12.3 Å². The van der Waals surface area contributed by atoms with Crippen LogP contribution < -0.4 is 0 Å². The van der Waals surface area contributed by atoms with Crippen LogP contribution in [-0.4, -0.2) is 24.0 Å². The number of nitrogens with zero attached hydrogens (tertiary/aromatic N) is 2. The molecule has 0 aromatic carbocycles. The zero-order chi connectivity index (χ0) is 8.27.